The highest BCUT2D eigenvalue weighted by Crippen LogP contribution is 2.20. The van der Waals surface area contributed by atoms with Gasteiger partial charge in [-0.05, 0) is 26.0 Å². The summed E-state index contributed by atoms with van der Waals surface area (Å²) in [5.74, 6) is 0. The Kier molecular flexibility index (Phi) is 4.87. The Bertz CT molecular complexity index is 386. The topological polar surface area (TPSA) is 24.5 Å². The molecule has 0 radical (unpaired) electrons. The third-order valence-corrected chi connectivity index (χ3v) is 3.65. The summed E-state index contributed by atoms with van der Waals surface area (Å²) in [7, 11) is 0. The summed E-state index contributed by atoms with van der Waals surface area (Å²) in [5, 5.41) is 4.16. The second kappa shape index (κ2) is 6.41. The number of hydrogen-bond acceptors (Lipinski definition) is 3. The van der Waals surface area contributed by atoms with E-state index in [2.05, 4.69) is 24.1 Å². The highest BCUT2D eigenvalue weighted by atomic mass is 35.5. The Morgan fingerprint density at radius 1 is 1.39 bits per heavy atom. The van der Waals surface area contributed by atoms with Gasteiger partial charge in [-0.25, -0.2) is 0 Å². The molecule has 0 bridgehead atoms. The number of halogens is 1. The fourth-order valence-corrected chi connectivity index (χ4v) is 2.42. The molecule has 4 heteroatoms. The van der Waals surface area contributed by atoms with Crippen molar-refractivity contribution in [1.82, 2.24) is 4.90 Å². The Morgan fingerprint density at radius 2 is 2.17 bits per heavy atom. The average Bonchev–Trinajstić information content (AvgIpc) is 2.36. The summed E-state index contributed by atoms with van der Waals surface area (Å²) in [6.07, 6.45) is 0.335. The number of para-hydroxylation sites is 1. The molecule has 3 nitrogen and oxygen atoms in total. The zero-order valence-corrected chi connectivity index (χ0v) is 11.8. The van der Waals surface area contributed by atoms with Gasteiger partial charge >= 0.3 is 0 Å². The molecule has 2 unspecified atom stereocenters. The number of benzene rings is 1. The van der Waals surface area contributed by atoms with E-state index in [1.54, 1.807) is 0 Å². The number of ether oxygens (including phenoxy) is 1. The van der Waals surface area contributed by atoms with Crippen LogP contribution in [-0.4, -0.2) is 43.3 Å². The molecule has 1 aromatic rings. The Hall–Kier alpha value is -0.770. The molecule has 1 heterocycles. The van der Waals surface area contributed by atoms with Crippen molar-refractivity contribution in [3.63, 3.8) is 0 Å². The predicted octanol–water partition coefficient (Wildman–Crippen LogP) is 2.86. The van der Waals surface area contributed by atoms with Gasteiger partial charge in [-0.2, -0.15) is 0 Å². The molecule has 1 aromatic carbocycles. The van der Waals surface area contributed by atoms with Crippen molar-refractivity contribution in [2.75, 3.05) is 31.6 Å². The van der Waals surface area contributed by atoms with Gasteiger partial charge in [-0.15, -0.1) is 0 Å². The lowest BCUT2D eigenvalue weighted by Crippen LogP contribution is -2.48. The van der Waals surface area contributed by atoms with E-state index in [4.69, 9.17) is 16.3 Å². The molecule has 0 spiro atoms. The van der Waals surface area contributed by atoms with E-state index in [0.717, 1.165) is 37.0 Å². The lowest BCUT2D eigenvalue weighted by Gasteiger charge is -2.36. The molecule has 0 aromatic heterocycles. The van der Waals surface area contributed by atoms with Crippen LogP contribution in [0, 0.1) is 0 Å². The first kappa shape index (κ1) is 13.7. The van der Waals surface area contributed by atoms with Crippen molar-refractivity contribution in [2.24, 2.45) is 0 Å². The van der Waals surface area contributed by atoms with Gasteiger partial charge in [0, 0.05) is 25.7 Å². The molecule has 1 fully saturated rings. The van der Waals surface area contributed by atoms with E-state index in [1.165, 1.54) is 0 Å². The standard InChI is InChI=1S/C14H21ClN2O/c1-11-10-18-12(2)9-17(11)8-7-16-14-6-4-3-5-13(14)15/h3-6,11-12,16H,7-10H2,1-2H3. The molecule has 18 heavy (non-hydrogen) atoms. The number of nitrogens with zero attached hydrogens (tertiary/aromatic N) is 1. The zero-order valence-electron chi connectivity index (χ0n) is 11.0. The van der Waals surface area contributed by atoms with Gasteiger partial charge in [0.25, 0.3) is 0 Å². The van der Waals surface area contributed by atoms with E-state index in [0.29, 0.717) is 12.1 Å². The molecule has 0 aliphatic carbocycles. The monoisotopic (exact) mass is 268 g/mol. The fraction of sp³-hybridized carbons (Fsp3) is 0.571. The third-order valence-electron chi connectivity index (χ3n) is 3.33. The Balaban J connectivity index is 1.79. The third kappa shape index (κ3) is 3.61. The highest BCUT2D eigenvalue weighted by molar-refractivity contribution is 6.33. The first-order valence-corrected chi connectivity index (χ1v) is 6.88. The first-order valence-electron chi connectivity index (χ1n) is 6.51. The molecule has 2 rings (SSSR count). The number of rotatable bonds is 4. The molecule has 2 atom stereocenters. The zero-order chi connectivity index (χ0) is 13.0. The Labute approximate surface area is 114 Å². The quantitative estimate of drug-likeness (QED) is 0.909. The van der Waals surface area contributed by atoms with E-state index in [-0.39, 0.29) is 0 Å². The normalized spacial score (nSPS) is 25.1. The molecule has 1 N–H and O–H groups in total. The molecular weight excluding hydrogens is 248 g/mol. The van der Waals surface area contributed by atoms with Gasteiger partial charge in [0.2, 0.25) is 0 Å². The summed E-state index contributed by atoms with van der Waals surface area (Å²) in [6, 6.07) is 8.35. The predicted molar refractivity (Wildman–Crippen MR) is 76.4 cm³/mol. The lowest BCUT2D eigenvalue weighted by atomic mass is 10.2. The molecule has 0 amide bonds. The van der Waals surface area contributed by atoms with Crippen molar-refractivity contribution in [1.29, 1.82) is 0 Å². The molecule has 1 aliphatic heterocycles. The number of hydrogen-bond donors (Lipinski definition) is 1. The van der Waals surface area contributed by atoms with Gasteiger partial charge in [-0.1, -0.05) is 23.7 Å². The second-order valence-electron chi connectivity index (χ2n) is 4.89. The van der Waals surface area contributed by atoms with Crippen LogP contribution in [0.5, 0.6) is 0 Å². The lowest BCUT2D eigenvalue weighted by molar-refractivity contribution is -0.0476. The summed E-state index contributed by atoms with van der Waals surface area (Å²) >= 11 is 6.10. The van der Waals surface area contributed by atoms with Crippen molar-refractivity contribution < 1.29 is 4.74 Å². The van der Waals surface area contributed by atoms with E-state index in [1.807, 2.05) is 24.3 Å². The van der Waals surface area contributed by atoms with Crippen LogP contribution in [0.1, 0.15) is 13.8 Å². The van der Waals surface area contributed by atoms with Crippen LogP contribution in [0.4, 0.5) is 5.69 Å². The maximum atomic E-state index is 6.10. The average molecular weight is 269 g/mol. The maximum Gasteiger partial charge on any atom is 0.0674 e. The molecular formula is C14H21ClN2O. The van der Waals surface area contributed by atoms with Crippen LogP contribution >= 0.6 is 11.6 Å². The van der Waals surface area contributed by atoms with Gasteiger partial charge in [0.1, 0.15) is 0 Å². The minimum absolute atomic E-state index is 0.335. The molecule has 0 saturated carbocycles. The van der Waals surface area contributed by atoms with Crippen LogP contribution in [0.2, 0.25) is 5.02 Å². The smallest absolute Gasteiger partial charge is 0.0674 e. The van der Waals surface area contributed by atoms with Crippen LogP contribution in [0.15, 0.2) is 24.3 Å². The second-order valence-corrected chi connectivity index (χ2v) is 5.30. The van der Waals surface area contributed by atoms with Crippen LogP contribution in [-0.2, 0) is 4.74 Å². The van der Waals surface area contributed by atoms with Crippen molar-refractivity contribution in [3.05, 3.63) is 29.3 Å². The summed E-state index contributed by atoms with van der Waals surface area (Å²) in [5.41, 5.74) is 1.01. The largest absolute Gasteiger partial charge is 0.383 e. The van der Waals surface area contributed by atoms with Crippen molar-refractivity contribution >= 4 is 17.3 Å². The van der Waals surface area contributed by atoms with Crippen molar-refractivity contribution in [2.45, 2.75) is 26.0 Å². The van der Waals surface area contributed by atoms with Crippen LogP contribution in [0.3, 0.4) is 0 Å². The fourth-order valence-electron chi connectivity index (χ4n) is 2.22. The van der Waals surface area contributed by atoms with Crippen molar-refractivity contribution in [3.8, 4) is 0 Å². The van der Waals surface area contributed by atoms with E-state index in [9.17, 15) is 0 Å². The SMILES string of the molecule is CC1CN(CCNc2ccccc2Cl)C(C)CO1. The minimum Gasteiger partial charge on any atom is -0.383 e. The van der Waals surface area contributed by atoms with Gasteiger partial charge in [0.15, 0.2) is 0 Å². The number of anilines is 1. The van der Waals surface area contributed by atoms with E-state index >= 15 is 0 Å². The minimum atomic E-state index is 0.335. The van der Waals surface area contributed by atoms with Gasteiger partial charge in [-0.3, -0.25) is 4.90 Å². The molecule has 1 saturated heterocycles. The summed E-state index contributed by atoms with van der Waals surface area (Å²) in [4.78, 5) is 2.46. The first-order chi connectivity index (χ1) is 8.66. The van der Waals surface area contributed by atoms with Gasteiger partial charge in [0.05, 0.1) is 23.4 Å². The summed E-state index contributed by atoms with van der Waals surface area (Å²) < 4.78 is 5.62. The van der Waals surface area contributed by atoms with Gasteiger partial charge < -0.3 is 10.1 Å². The number of morpholine rings is 1. The summed E-state index contributed by atoms with van der Waals surface area (Å²) in [6.45, 7) is 8.08. The Morgan fingerprint density at radius 3 is 2.94 bits per heavy atom. The molecule has 1 aliphatic rings. The van der Waals surface area contributed by atoms with Crippen LogP contribution < -0.4 is 5.32 Å². The van der Waals surface area contributed by atoms with Crippen LogP contribution in [0.25, 0.3) is 0 Å². The maximum absolute atomic E-state index is 6.10. The highest BCUT2D eigenvalue weighted by Gasteiger charge is 2.22. The van der Waals surface area contributed by atoms with E-state index < -0.39 is 0 Å². The molecule has 100 valence electrons. The number of nitrogens with one attached hydrogen (secondary N) is 1.